The molecule has 0 amide bonds. The number of hydrogen-bond donors (Lipinski definition) is 2. The number of nitrogens with one attached hydrogen (secondary N) is 2. The van der Waals surface area contributed by atoms with Crippen molar-refractivity contribution in [1.82, 2.24) is 10.2 Å². The fourth-order valence-corrected chi connectivity index (χ4v) is 3.59. The van der Waals surface area contributed by atoms with Gasteiger partial charge >= 0.3 is 0 Å². The number of aromatic nitrogens is 2. The molecule has 0 bridgehead atoms. The van der Waals surface area contributed by atoms with Gasteiger partial charge in [0.1, 0.15) is 0 Å². The zero-order chi connectivity index (χ0) is 19.4. The van der Waals surface area contributed by atoms with Crippen LogP contribution in [-0.2, 0) is 10.0 Å². The Morgan fingerprint density at radius 1 is 0.963 bits per heavy atom. The van der Waals surface area contributed by atoms with Crippen molar-refractivity contribution >= 4 is 32.9 Å². The van der Waals surface area contributed by atoms with Crippen molar-refractivity contribution in [3.63, 3.8) is 0 Å². The summed E-state index contributed by atoms with van der Waals surface area (Å²) in [4.78, 5) is 2.17. The van der Waals surface area contributed by atoms with Crippen molar-refractivity contribution in [3.8, 4) is 0 Å². The van der Waals surface area contributed by atoms with E-state index < -0.39 is 10.0 Å². The standard InChI is InChI=1S/C19H21N5O2S/c1-14-5-4-6-18(11-14)27(25,26)23-16-9-7-15(8-10-16)21-19-12-17(24(2)3)13-20-22-19/h4-13,23H,1-3H3,(H,21,22). The van der Waals surface area contributed by atoms with Gasteiger partial charge in [-0.1, -0.05) is 12.1 Å². The average Bonchev–Trinajstić information content (AvgIpc) is 2.63. The lowest BCUT2D eigenvalue weighted by atomic mass is 10.2. The first-order valence-corrected chi connectivity index (χ1v) is 9.78. The van der Waals surface area contributed by atoms with Gasteiger partial charge in [0.05, 0.1) is 16.8 Å². The lowest BCUT2D eigenvalue weighted by Crippen LogP contribution is -2.13. The largest absolute Gasteiger partial charge is 0.376 e. The molecule has 0 saturated heterocycles. The van der Waals surface area contributed by atoms with Gasteiger partial charge in [-0.05, 0) is 48.9 Å². The van der Waals surface area contributed by atoms with Crippen LogP contribution < -0.4 is 14.9 Å². The monoisotopic (exact) mass is 383 g/mol. The van der Waals surface area contributed by atoms with Crippen LogP contribution in [0.3, 0.4) is 0 Å². The number of rotatable bonds is 6. The summed E-state index contributed by atoms with van der Waals surface area (Å²) in [6, 6.07) is 15.6. The van der Waals surface area contributed by atoms with E-state index in [9.17, 15) is 8.42 Å². The van der Waals surface area contributed by atoms with Gasteiger partial charge in [0.2, 0.25) is 0 Å². The molecule has 2 aromatic carbocycles. The third-order valence-corrected chi connectivity index (χ3v) is 5.24. The first-order valence-electron chi connectivity index (χ1n) is 8.30. The molecule has 140 valence electrons. The molecule has 1 aromatic heterocycles. The van der Waals surface area contributed by atoms with E-state index in [1.807, 2.05) is 38.1 Å². The second-order valence-electron chi connectivity index (χ2n) is 6.32. The fraction of sp³-hybridized carbons (Fsp3) is 0.158. The Bertz CT molecular complexity index is 1030. The first kappa shape index (κ1) is 18.7. The average molecular weight is 383 g/mol. The van der Waals surface area contributed by atoms with Gasteiger partial charge in [0.25, 0.3) is 10.0 Å². The van der Waals surface area contributed by atoms with Gasteiger partial charge in [-0.2, -0.15) is 5.10 Å². The minimum absolute atomic E-state index is 0.237. The second kappa shape index (κ2) is 7.63. The highest BCUT2D eigenvalue weighted by Gasteiger charge is 2.14. The van der Waals surface area contributed by atoms with Crippen LogP contribution >= 0.6 is 0 Å². The molecule has 0 radical (unpaired) electrons. The van der Waals surface area contributed by atoms with Crippen LogP contribution in [0.2, 0.25) is 0 Å². The predicted molar refractivity (Wildman–Crippen MR) is 108 cm³/mol. The fourth-order valence-electron chi connectivity index (χ4n) is 2.43. The van der Waals surface area contributed by atoms with Gasteiger partial charge in [-0.25, -0.2) is 8.42 Å². The summed E-state index contributed by atoms with van der Waals surface area (Å²) in [6.45, 7) is 1.85. The van der Waals surface area contributed by atoms with Crippen molar-refractivity contribution in [2.45, 2.75) is 11.8 Å². The van der Waals surface area contributed by atoms with Gasteiger partial charge in [0, 0.05) is 31.5 Å². The van der Waals surface area contributed by atoms with Crippen LogP contribution in [-0.4, -0.2) is 32.7 Å². The third-order valence-electron chi connectivity index (χ3n) is 3.87. The van der Waals surface area contributed by atoms with Crippen molar-refractivity contribution in [2.75, 3.05) is 29.0 Å². The summed E-state index contributed by atoms with van der Waals surface area (Å²) < 4.78 is 27.5. The van der Waals surface area contributed by atoms with E-state index in [1.54, 1.807) is 48.7 Å². The highest BCUT2D eigenvalue weighted by atomic mass is 32.2. The van der Waals surface area contributed by atoms with E-state index in [4.69, 9.17) is 0 Å². The Labute approximate surface area is 159 Å². The number of nitrogens with zero attached hydrogens (tertiary/aromatic N) is 3. The topological polar surface area (TPSA) is 87.2 Å². The molecule has 0 aliphatic carbocycles. The molecule has 3 aromatic rings. The molecule has 7 nitrogen and oxygen atoms in total. The maximum atomic E-state index is 12.5. The number of aryl methyl sites for hydroxylation is 1. The van der Waals surface area contributed by atoms with Crippen molar-refractivity contribution < 1.29 is 8.42 Å². The molecule has 1 heterocycles. The minimum atomic E-state index is -3.62. The molecule has 0 unspecified atom stereocenters. The highest BCUT2D eigenvalue weighted by Crippen LogP contribution is 2.22. The summed E-state index contributed by atoms with van der Waals surface area (Å²) in [6.07, 6.45) is 1.67. The molecule has 0 atom stereocenters. The molecule has 0 saturated carbocycles. The molecule has 0 fully saturated rings. The van der Waals surface area contributed by atoms with Crippen molar-refractivity contribution in [1.29, 1.82) is 0 Å². The van der Waals surface area contributed by atoms with Crippen LogP contribution in [0.5, 0.6) is 0 Å². The molecule has 0 spiro atoms. The third kappa shape index (κ3) is 4.73. The summed E-state index contributed by atoms with van der Waals surface area (Å²) in [7, 11) is 0.232. The number of benzene rings is 2. The summed E-state index contributed by atoms with van der Waals surface area (Å²) >= 11 is 0. The van der Waals surface area contributed by atoms with Gasteiger partial charge < -0.3 is 10.2 Å². The van der Waals surface area contributed by atoms with E-state index in [2.05, 4.69) is 20.2 Å². The van der Waals surface area contributed by atoms with Crippen LogP contribution in [0.15, 0.2) is 65.7 Å². The van der Waals surface area contributed by atoms with Crippen LogP contribution in [0.25, 0.3) is 0 Å². The smallest absolute Gasteiger partial charge is 0.261 e. The Morgan fingerprint density at radius 2 is 1.67 bits per heavy atom. The Hall–Kier alpha value is -3.13. The molecule has 0 aliphatic rings. The van der Waals surface area contributed by atoms with Gasteiger partial charge in [-0.3, -0.25) is 4.72 Å². The van der Waals surface area contributed by atoms with E-state index in [0.717, 1.165) is 16.9 Å². The molecule has 3 rings (SSSR count). The molecule has 27 heavy (non-hydrogen) atoms. The second-order valence-corrected chi connectivity index (χ2v) is 8.00. The maximum Gasteiger partial charge on any atom is 0.261 e. The van der Waals surface area contributed by atoms with E-state index in [0.29, 0.717) is 11.5 Å². The van der Waals surface area contributed by atoms with Crippen LogP contribution in [0.1, 0.15) is 5.56 Å². The van der Waals surface area contributed by atoms with Crippen molar-refractivity contribution in [2.24, 2.45) is 0 Å². The summed E-state index contributed by atoms with van der Waals surface area (Å²) in [5, 5.41) is 11.2. The molecule has 2 N–H and O–H groups in total. The van der Waals surface area contributed by atoms with Gasteiger partial charge in [0.15, 0.2) is 5.82 Å². The lowest BCUT2D eigenvalue weighted by molar-refractivity contribution is 0.601. The number of hydrogen-bond acceptors (Lipinski definition) is 6. The lowest BCUT2D eigenvalue weighted by Gasteiger charge is -2.13. The molecule has 8 heteroatoms. The summed E-state index contributed by atoms with van der Waals surface area (Å²) in [5.74, 6) is 0.606. The highest BCUT2D eigenvalue weighted by molar-refractivity contribution is 7.92. The van der Waals surface area contributed by atoms with E-state index in [-0.39, 0.29) is 4.90 Å². The Balaban J connectivity index is 1.73. The van der Waals surface area contributed by atoms with Crippen molar-refractivity contribution in [3.05, 3.63) is 66.4 Å². The summed E-state index contributed by atoms with van der Waals surface area (Å²) in [5.41, 5.74) is 3.07. The maximum absolute atomic E-state index is 12.5. The number of anilines is 4. The zero-order valence-corrected chi connectivity index (χ0v) is 16.2. The molecule has 0 aliphatic heterocycles. The first-order chi connectivity index (χ1) is 12.8. The molecular formula is C19H21N5O2S. The Kier molecular flexibility index (Phi) is 5.27. The van der Waals surface area contributed by atoms with E-state index >= 15 is 0 Å². The Morgan fingerprint density at radius 3 is 2.33 bits per heavy atom. The normalized spacial score (nSPS) is 11.1. The quantitative estimate of drug-likeness (QED) is 0.678. The minimum Gasteiger partial charge on any atom is -0.376 e. The molecular weight excluding hydrogens is 362 g/mol. The van der Waals surface area contributed by atoms with Crippen LogP contribution in [0, 0.1) is 6.92 Å². The zero-order valence-electron chi connectivity index (χ0n) is 15.3. The van der Waals surface area contributed by atoms with Gasteiger partial charge in [-0.15, -0.1) is 5.10 Å². The number of sulfonamides is 1. The van der Waals surface area contributed by atoms with Crippen LogP contribution in [0.4, 0.5) is 22.9 Å². The SMILES string of the molecule is Cc1cccc(S(=O)(=O)Nc2ccc(Nc3cc(N(C)C)cnn3)cc2)c1. The predicted octanol–water partition coefficient (Wildman–Crippen LogP) is 3.40. The van der Waals surface area contributed by atoms with E-state index in [1.165, 1.54) is 0 Å².